The number of methoxy groups -OCH3 is 1. The number of rotatable bonds is 1. The van der Waals surface area contributed by atoms with Gasteiger partial charge in [0.1, 0.15) is 17.3 Å². The molecule has 3 rings (SSSR count). The summed E-state index contributed by atoms with van der Waals surface area (Å²) in [4.78, 5) is 25.2. The van der Waals surface area contributed by atoms with E-state index in [-0.39, 0.29) is 28.4 Å². The first-order valence-corrected chi connectivity index (χ1v) is 6.52. The standard InChI is InChI=1S/C16H14O5/c1-7-3-9-13(11(17)4-7)16(20)14-10(15(9)19)5-8(21-2)6-12(14)18/h3-6,10,14,17-18H,1-2H3. The number of carbonyl (C=O) groups is 2. The second kappa shape index (κ2) is 4.48. The van der Waals surface area contributed by atoms with E-state index in [0.29, 0.717) is 11.3 Å². The van der Waals surface area contributed by atoms with Crippen molar-refractivity contribution in [3.8, 4) is 5.75 Å². The van der Waals surface area contributed by atoms with E-state index in [2.05, 4.69) is 0 Å². The predicted molar refractivity (Wildman–Crippen MR) is 74.3 cm³/mol. The Labute approximate surface area is 121 Å². The Morgan fingerprint density at radius 3 is 2.52 bits per heavy atom. The molecule has 0 heterocycles. The maximum atomic E-state index is 12.6. The quantitative estimate of drug-likeness (QED) is 0.827. The zero-order valence-corrected chi connectivity index (χ0v) is 11.6. The first kappa shape index (κ1) is 13.4. The summed E-state index contributed by atoms with van der Waals surface area (Å²) in [5.41, 5.74) is 0.874. The molecule has 0 radical (unpaired) electrons. The minimum absolute atomic E-state index is 0.0129. The van der Waals surface area contributed by atoms with Crippen LogP contribution >= 0.6 is 0 Å². The molecule has 0 aliphatic heterocycles. The molecule has 0 saturated heterocycles. The second-order valence-corrected chi connectivity index (χ2v) is 5.28. The summed E-state index contributed by atoms with van der Waals surface area (Å²) in [6, 6.07) is 3.02. The Hall–Kier alpha value is -2.56. The van der Waals surface area contributed by atoms with Gasteiger partial charge in [-0.1, -0.05) is 0 Å². The fourth-order valence-corrected chi connectivity index (χ4v) is 2.95. The number of Topliss-reactive ketones (excluding diaryl/α,β-unsaturated/α-hetero) is 2. The maximum absolute atomic E-state index is 12.6. The Bertz CT molecular complexity index is 726. The molecule has 2 aliphatic rings. The van der Waals surface area contributed by atoms with E-state index in [9.17, 15) is 19.8 Å². The molecular formula is C16H14O5. The number of hydrogen-bond donors (Lipinski definition) is 2. The number of phenolic OH excluding ortho intramolecular Hbond substituents is 1. The number of aryl methyl sites for hydroxylation is 1. The smallest absolute Gasteiger partial charge is 0.178 e. The monoisotopic (exact) mass is 286 g/mol. The minimum atomic E-state index is -0.988. The molecule has 0 fully saturated rings. The lowest BCUT2D eigenvalue weighted by Gasteiger charge is -2.31. The molecule has 5 nitrogen and oxygen atoms in total. The highest BCUT2D eigenvalue weighted by atomic mass is 16.5. The number of allylic oxidation sites excluding steroid dienone is 3. The van der Waals surface area contributed by atoms with Crippen molar-refractivity contribution in [1.82, 2.24) is 0 Å². The summed E-state index contributed by atoms with van der Waals surface area (Å²) in [6.45, 7) is 1.73. The van der Waals surface area contributed by atoms with E-state index in [0.717, 1.165) is 0 Å². The summed E-state index contributed by atoms with van der Waals surface area (Å²) in [5.74, 6) is -2.65. The number of ether oxygens (including phenoxy) is 1. The van der Waals surface area contributed by atoms with Crippen LogP contribution in [0, 0.1) is 18.8 Å². The third kappa shape index (κ3) is 1.85. The van der Waals surface area contributed by atoms with Gasteiger partial charge in [-0.3, -0.25) is 9.59 Å². The highest BCUT2D eigenvalue weighted by Gasteiger charge is 2.45. The normalized spacial score (nSPS) is 23.9. The average molecular weight is 286 g/mol. The van der Waals surface area contributed by atoms with Gasteiger partial charge in [0.05, 0.1) is 24.5 Å². The molecule has 108 valence electrons. The van der Waals surface area contributed by atoms with Crippen LogP contribution in [0.1, 0.15) is 26.3 Å². The SMILES string of the molecule is COC1=CC2C(=O)c3cc(C)cc(O)c3C(=O)C2C(O)=C1. The lowest BCUT2D eigenvalue weighted by molar-refractivity contribution is 0.0748. The molecule has 2 atom stereocenters. The summed E-state index contributed by atoms with van der Waals surface area (Å²) in [7, 11) is 1.43. The molecule has 2 N–H and O–H groups in total. The third-order valence-corrected chi connectivity index (χ3v) is 3.91. The number of benzene rings is 1. The van der Waals surface area contributed by atoms with E-state index < -0.39 is 17.6 Å². The number of aliphatic hydroxyl groups is 1. The largest absolute Gasteiger partial charge is 0.511 e. The summed E-state index contributed by atoms with van der Waals surface area (Å²) in [6.07, 6.45) is 2.86. The Balaban J connectivity index is 2.23. The van der Waals surface area contributed by atoms with E-state index in [1.807, 2.05) is 0 Å². The minimum Gasteiger partial charge on any atom is -0.511 e. The van der Waals surface area contributed by atoms with Crippen molar-refractivity contribution in [1.29, 1.82) is 0 Å². The zero-order valence-electron chi connectivity index (χ0n) is 11.6. The Morgan fingerprint density at radius 1 is 1.14 bits per heavy atom. The first-order chi connectivity index (χ1) is 9.93. The van der Waals surface area contributed by atoms with E-state index in [1.165, 1.54) is 25.3 Å². The topological polar surface area (TPSA) is 83.8 Å². The fraction of sp³-hybridized carbons (Fsp3) is 0.250. The molecule has 0 saturated carbocycles. The van der Waals surface area contributed by atoms with Gasteiger partial charge in [0, 0.05) is 11.6 Å². The van der Waals surface area contributed by atoms with Gasteiger partial charge >= 0.3 is 0 Å². The van der Waals surface area contributed by atoms with Crippen molar-refractivity contribution in [2.45, 2.75) is 6.92 Å². The van der Waals surface area contributed by atoms with Crippen LogP contribution in [0.15, 0.2) is 35.8 Å². The molecule has 21 heavy (non-hydrogen) atoms. The first-order valence-electron chi connectivity index (χ1n) is 6.52. The Kier molecular flexibility index (Phi) is 2.86. The molecule has 0 spiro atoms. The molecule has 0 amide bonds. The molecule has 1 aromatic rings. The van der Waals surface area contributed by atoms with Crippen molar-refractivity contribution in [3.63, 3.8) is 0 Å². The molecule has 1 aromatic carbocycles. The summed E-state index contributed by atoms with van der Waals surface area (Å²) < 4.78 is 5.04. The molecule has 5 heteroatoms. The van der Waals surface area contributed by atoms with Gasteiger partial charge in [-0.2, -0.15) is 0 Å². The maximum Gasteiger partial charge on any atom is 0.178 e. The van der Waals surface area contributed by atoms with Crippen molar-refractivity contribution in [2.75, 3.05) is 7.11 Å². The highest BCUT2D eigenvalue weighted by Crippen LogP contribution is 2.41. The fourth-order valence-electron chi connectivity index (χ4n) is 2.95. The number of aliphatic hydroxyl groups excluding tert-OH is 1. The van der Waals surface area contributed by atoms with Crippen LogP contribution < -0.4 is 0 Å². The lowest BCUT2D eigenvalue weighted by atomic mass is 9.70. The molecule has 2 aliphatic carbocycles. The van der Waals surface area contributed by atoms with E-state index in [4.69, 9.17) is 4.74 Å². The molecule has 2 unspecified atom stereocenters. The van der Waals surface area contributed by atoms with Gasteiger partial charge in [0.25, 0.3) is 0 Å². The van der Waals surface area contributed by atoms with Crippen LogP contribution in [-0.4, -0.2) is 28.9 Å². The van der Waals surface area contributed by atoms with Gasteiger partial charge in [-0.15, -0.1) is 0 Å². The predicted octanol–water partition coefficient (Wildman–Crippen LogP) is 2.30. The van der Waals surface area contributed by atoms with Gasteiger partial charge < -0.3 is 14.9 Å². The summed E-state index contributed by atoms with van der Waals surface area (Å²) >= 11 is 0. The number of fused-ring (bicyclic) bond motifs is 2. The van der Waals surface area contributed by atoms with E-state index in [1.54, 1.807) is 13.0 Å². The number of phenols is 1. The third-order valence-electron chi connectivity index (χ3n) is 3.91. The molecular weight excluding hydrogens is 272 g/mol. The van der Waals surface area contributed by atoms with Gasteiger partial charge in [-0.25, -0.2) is 0 Å². The number of hydrogen-bond acceptors (Lipinski definition) is 5. The molecule has 0 bridgehead atoms. The van der Waals surface area contributed by atoms with Gasteiger partial charge in [0.15, 0.2) is 11.6 Å². The number of ketones is 2. The van der Waals surface area contributed by atoms with Crippen LogP contribution in [-0.2, 0) is 4.74 Å². The molecule has 0 aromatic heterocycles. The Morgan fingerprint density at radius 2 is 1.86 bits per heavy atom. The number of aromatic hydroxyl groups is 1. The van der Waals surface area contributed by atoms with Crippen molar-refractivity contribution in [3.05, 3.63) is 52.5 Å². The van der Waals surface area contributed by atoms with Gasteiger partial charge in [-0.05, 0) is 30.7 Å². The van der Waals surface area contributed by atoms with Crippen molar-refractivity contribution >= 4 is 11.6 Å². The van der Waals surface area contributed by atoms with Crippen LogP contribution in [0.5, 0.6) is 5.75 Å². The summed E-state index contributed by atoms with van der Waals surface area (Å²) in [5, 5.41) is 20.0. The second-order valence-electron chi connectivity index (χ2n) is 5.28. The lowest BCUT2D eigenvalue weighted by Crippen LogP contribution is -2.38. The van der Waals surface area contributed by atoms with Crippen molar-refractivity contribution in [2.24, 2.45) is 11.8 Å². The van der Waals surface area contributed by atoms with Crippen molar-refractivity contribution < 1.29 is 24.5 Å². The van der Waals surface area contributed by atoms with Gasteiger partial charge in [0.2, 0.25) is 0 Å². The number of carbonyl (C=O) groups excluding carboxylic acids is 2. The average Bonchev–Trinajstić information content (AvgIpc) is 2.43. The highest BCUT2D eigenvalue weighted by molar-refractivity contribution is 6.19. The van der Waals surface area contributed by atoms with E-state index >= 15 is 0 Å². The van der Waals surface area contributed by atoms with Crippen LogP contribution in [0.4, 0.5) is 0 Å². The van der Waals surface area contributed by atoms with Crippen LogP contribution in [0.3, 0.4) is 0 Å². The zero-order chi connectivity index (χ0) is 15.3. The van der Waals surface area contributed by atoms with Crippen LogP contribution in [0.25, 0.3) is 0 Å². The van der Waals surface area contributed by atoms with Crippen LogP contribution in [0.2, 0.25) is 0 Å².